The molecule has 0 aromatic heterocycles. The molecule has 2 aromatic rings. The molecule has 0 aliphatic carbocycles. The topological polar surface area (TPSA) is 79.0 Å². The summed E-state index contributed by atoms with van der Waals surface area (Å²) in [5.41, 5.74) is 2.75. The van der Waals surface area contributed by atoms with E-state index in [1.165, 1.54) is 0 Å². The first kappa shape index (κ1) is 20.1. The number of carbonyl (C=O) groups is 3. The molecule has 2 aliphatic rings. The zero-order chi connectivity index (χ0) is 21.1. The number of hydrogen-bond acceptors (Lipinski definition) is 4. The molecule has 3 amide bonds. The maximum atomic E-state index is 12.9. The van der Waals surface area contributed by atoms with Crippen molar-refractivity contribution in [2.75, 3.05) is 43.1 Å². The number of nitrogens with one attached hydrogen (secondary N) is 1. The predicted octanol–water partition coefficient (Wildman–Crippen LogP) is 2.46. The van der Waals surface area contributed by atoms with E-state index in [0.29, 0.717) is 44.1 Å². The highest BCUT2D eigenvalue weighted by atomic mass is 16.5. The fourth-order valence-electron chi connectivity index (χ4n) is 3.93. The van der Waals surface area contributed by atoms with Crippen LogP contribution in [-0.2, 0) is 14.3 Å². The minimum absolute atomic E-state index is 0.0675. The number of aryl methyl sites for hydroxylation is 1. The van der Waals surface area contributed by atoms with Gasteiger partial charge in [-0.3, -0.25) is 14.4 Å². The van der Waals surface area contributed by atoms with Crippen LogP contribution in [0.15, 0.2) is 48.5 Å². The van der Waals surface area contributed by atoms with Crippen LogP contribution >= 0.6 is 0 Å². The molecule has 0 bridgehead atoms. The minimum atomic E-state index is -0.469. The molecule has 0 unspecified atom stereocenters. The SMILES string of the molecule is Cc1ccccc1N1C[C@@H](C(=O)Nc2ccccc2C(=O)N2CCOCC2)CC1=O. The third-order valence-corrected chi connectivity index (χ3v) is 5.62. The van der Waals surface area contributed by atoms with Crippen molar-refractivity contribution in [3.63, 3.8) is 0 Å². The smallest absolute Gasteiger partial charge is 0.256 e. The summed E-state index contributed by atoms with van der Waals surface area (Å²) in [5.74, 6) is -0.911. The van der Waals surface area contributed by atoms with Gasteiger partial charge in [-0.25, -0.2) is 0 Å². The number of anilines is 2. The summed E-state index contributed by atoms with van der Waals surface area (Å²) in [6.07, 6.45) is 0.153. The lowest BCUT2D eigenvalue weighted by Gasteiger charge is -2.27. The molecule has 156 valence electrons. The van der Waals surface area contributed by atoms with Gasteiger partial charge in [0.25, 0.3) is 5.91 Å². The minimum Gasteiger partial charge on any atom is -0.378 e. The van der Waals surface area contributed by atoms with Crippen LogP contribution in [0.4, 0.5) is 11.4 Å². The number of ether oxygens (including phenoxy) is 1. The molecule has 1 atom stereocenters. The average Bonchev–Trinajstić information content (AvgIpc) is 3.16. The molecule has 0 radical (unpaired) electrons. The van der Waals surface area contributed by atoms with E-state index >= 15 is 0 Å². The van der Waals surface area contributed by atoms with Gasteiger partial charge in [0.15, 0.2) is 0 Å². The third kappa shape index (κ3) is 4.07. The summed E-state index contributed by atoms with van der Waals surface area (Å²) in [5, 5.41) is 2.88. The molecule has 7 heteroatoms. The van der Waals surface area contributed by atoms with Crippen molar-refractivity contribution >= 4 is 29.1 Å². The van der Waals surface area contributed by atoms with E-state index in [9.17, 15) is 14.4 Å². The van der Waals surface area contributed by atoms with Gasteiger partial charge in [0.2, 0.25) is 11.8 Å². The van der Waals surface area contributed by atoms with Gasteiger partial charge in [-0.15, -0.1) is 0 Å². The second-order valence-electron chi connectivity index (χ2n) is 7.63. The first-order valence-electron chi connectivity index (χ1n) is 10.2. The van der Waals surface area contributed by atoms with Crippen LogP contribution in [0.3, 0.4) is 0 Å². The number of hydrogen-bond donors (Lipinski definition) is 1. The second-order valence-corrected chi connectivity index (χ2v) is 7.63. The van der Waals surface area contributed by atoms with Crippen molar-refractivity contribution in [3.8, 4) is 0 Å². The summed E-state index contributed by atoms with van der Waals surface area (Å²) in [4.78, 5) is 41.8. The lowest BCUT2D eigenvalue weighted by atomic mass is 10.1. The van der Waals surface area contributed by atoms with Crippen molar-refractivity contribution in [2.24, 2.45) is 5.92 Å². The maximum Gasteiger partial charge on any atom is 0.256 e. The zero-order valence-corrected chi connectivity index (χ0v) is 17.0. The Morgan fingerprint density at radius 1 is 1.03 bits per heavy atom. The van der Waals surface area contributed by atoms with Crippen molar-refractivity contribution < 1.29 is 19.1 Å². The maximum absolute atomic E-state index is 12.9. The van der Waals surface area contributed by atoms with Crippen LogP contribution in [0.2, 0.25) is 0 Å². The Kier molecular flexibility index (Phi) is 5.81. The molecular formula is C23H25N3O4. The highest BCUT2D eigenvalue weighted by Gasteiger charge is 2.36. The monoisotopic (exact) mass is 407 g/mol. The molecule has 2 aliphatic heterocycles. The quantitative estimate of drug-likeness (QED) is 0.845. The Labute approximate surface area is 175 Å². The molecule has 2 aromatic carbocycles. The summed E-state index contributed by atoms with van der Waals surface area (Å²) in [6, 6.07) is 14.7. The molecule has 0 saturated carbocycles. The van der Waals surface area contributed by atoms with Gasteiger partial charge < -0.3 is 19.9 Å². The Morgan fingerprint density at radius 3 is 2.50 bits per heavy atom. The first-order chi connectivity index (χ1) is 14.5. The van der Waals surface area contributed by atoms with Gasteiger partial charge in [-0.1, -0.05) is 30.3 Å². The lowest BCUT2D eigenvalue weighted by Crippen LogP contribution is -2.41. The molecule has 0 spiro atoms. The fourth-order valence-corrected chi connectivity index (χ4v) is 3.93. The van der Waals surface area contributed by atoms with Gasteiger partial charge in [0.1, 0.15) is 0 Å². The number of amides is 3. The lowest BCUT2D eigenvalue weighted by molar-refractivity contribution is -0.122. The Bertz CT molecular complexity index is 968. The highest BCUT2D eigenvalue weighted by molar-refractivity contribution is 6.07. The van der Waals surface area contributed by atoms with E-state index in [-0.39, 0.29) is 24.1 Å². The van der Waals surface area contributed by atoms with Crippen molar-refractivity contribution in [3.05, 3.63) is 59.7 Å². The molecule has 1 N–H and O–H groups in total. The molecule has 2 saturated heterocycles. The summed E-state index contributed by atoms with van der Waals surface area (Å²) >= 11 is 0. The number of nitrogens with zero attached hydrogens (tertiary/aromatic N) is 2. The molecule has 30 heavy (non-hydrogen) atoms. The highest BCUT2D eigenvalue weighted by Crippen LogP contribution is 2.29. The Morgan fingerprint density at radius 2 is 1.73 bits per heavy atom. The standard InChI is InChI=1S/C23H25N3O4/c1-16-6-2-5-9-20(16)26-15-17(14-21(26)27)22(28)24-19-8-4-3-7-18(19)23(29)25-10-12-30-13-11-25/h2-9,17H,10-15H2,1H3,(H,24,28)/t17-/m0/s1. The summed E-state index contributed by atoms with van der Waals surface area (Å²) in [7, 11) is 0. The van der Waals surface area contributed by atoms with Crippen LogP contribution in [0, 0.1) is 12.8 Å². The van der Waals surface area contributed by atoms with Crippen LogP contribution in [0.5, 0.6) is 0 Å². The van der Waals surface area contributed by atoms with Crippen molar-refractivity contribution in [2.45, 2.75) is 13.3 Å². The third-order valence-electron chi connectivity index (χ3n) is 5.62. The molecular weight excluding hydrogens is 382 g/mol. The predicted molar refractivity (Wildman–Crippen MR) is 113 cm³/mol. The zero-order valence-electron chi connectivity index (χ0n) is 17.0. The largest absolute Gasteiger partial charge is 0.378 e. The van der Waals surface area contributed by atoms with Gasteiger partial charge >= 0.3 is 0 Å². The van der Waals surface area contributed by atoms with E-state index in [0.717, 1.165) is 11.3 Å². The van der Waals surface area contributed by atoms with Gasteiger partial charge in [-0.2, -0.15) is 0 Å². The van der Waals surface area contributed by atoms with E-state index in [2.05, 4.69) is 5.32 Å². The number of carbonyl (C=O) groups excluding carboxylic acids is 3. The van der Waals surface area contributed by atoms with Crippen molar-refractivity contribution in [1.29, 1.82) is 0 Å². The van der Waals surface area contributed by atoms with Gasteiger partial charge in [0, 0.05) is 31.7 Å². The van der Waals surface area contributed by atoms with Gasteiger partial charge in [0.05, 0.1) is 30.4 Å². The van der Waals surface area contributed by atoms with Crippen LogP contribution in [-0.4, -0.2) is 55.5 Å². The second kappa shape index (κ2) is 8.67. The van der Waals surface area contributed by atoms with E-state index < -0.39 is 5.92 Å². The van der Waals surface area contributed by atoms with Crippen molar-refractivity contribution in [1.82, 2.24) is 4.90 Å². The molecule has 7 nitrogen and oxygen atoms in total. The number of benzene rings is 2. The fraction of sp³-hybridized carbons (Fsp3) is 0.348. The van der Waals surface area contributed by atoms with Crippen LogP contribution < -0.4 is 10.2 Å². The normalized spacial score (nSPS) is 19.1. The number of rotatable bonds is 4. The number of para-hydroxylation sites is 2. The average molecular weight is 407 g/mol. The Hall–Kier alpha value is -3.19. The molecule has 4 rings (SSSR count). The summed E-state index contributed by atoms with van der Waals surface area (Å²) in [6.45, 7) is 4.37. The van der Waals surface area contributed by atoms with E-state index in [1.807, 2.05) is 31.2 Å². The van der Waals surface area contributed by atoms with Gasteiger partial charge in [-0.05, 0) is 30.7 Å². The Balaban J connectivity index is 1.48. The molecule has 2 fully saturated rings. The first-order valence-corrected chi connectivity index (χ1v) is 10.2. The van der Waals surface area contributed by atoms with Crippen LogP contribution in [0.25, 0.3) is 0 Å². The number of morpholine rings is 1. The summed E-state index contributed by atoms with van der Waals surface area (Å²) < 4.78 is 5.31. The van der Waals surface area contributed by atoms with E-state index in [1.54, 1.807) is 34.1 Å². The van der Waals surface area contributed by atoms with E-state index in [4.69, 9.17) is 4.74 Å². The molecule has 2 heterocycles. The van der Waals surface area contributed by atoms with Crippen LogP contribution in [0.1, 0.15) is 22.3 Å².